The van der Waals surface area contributed by atoms with Crippen molar-refractivity contribution in [1.82, 2.24) is 0 Å². The van der Waals surface area contributed by atoms with Gasteiger partial charge in [0.25, 0.3) is 0 Å². The number of nitrogens with two attached hydrogens (primary N) is 1. The highest BCUT2D eigenvalue weighted by atomic mass is 19.1. The second kappa shape index (κ2) is 6.55. The number of amides is 1. The van der Waals surface area contributed by atoms with E-state index in [1.54, 1.807) is 6.92 Å². The molecule has 7 heteroatoms. The van der Waals surface area contributed by atoms with E-state index in [9.17, 15) is 9.18 Å². The summed E-state index contributed by atoms with van der Waals surface area (Å²) in [5.41, 5.74) is 5.31. The molecule has 0 aliphatic rings. The largest absolute Gasteiger partial charge is 0.409 e. The Morgan fingerprint density at radius 2 is 2.33 bits per heavy atom. The molecular weight excluding hydrogens is 241 g/mol. The minimum Gasteiger partial charge on any atom is -0.409 e. The van der Waals surface area contributed by atoms with E-state index in [-0.39, 0.29) is 17.9 Å². The molecule has 0 aliphatic carbocycles. The molecule has 1 aromatic carbocycles. The second-order valence-corrected chi connectivity index (χ2v) is 3.33. The first-order valence-electron chi connectivity index (χ1n) is 5.24. The number of ether oxygens (including phenoxy) is 1. The number of hydrogen-bond donors (Lipinski definition) is 3. The summed E-state index contributed by atoms with van der Waals surface area (Å²) in [7, 11) is 0. The van der Waals surface area contributed by atoms with Crippen molar-refractivity contribution in [2.24, 2.45) is 10.9 Å². The van der Waals surface area contributed by atoms with Crippen molar-refractivity contribution in [3.05, 3.63) is 29.6 Å². The topological polar surface area (TPSA) is 96.9 Å². The third-order valence-electron chi connectivity index (χ3n) is 2.09. The lowest BCUT2D eigenvalue weighted by atomic mass is 10.1. The summed E-state index contributed by atoms with van der Waals surface area (Å²) in [6.07, 6.45) is 0. The van der Waals surface area contributed by atoms with Gasteiger partial charge in [-0.15, -0.1) is 0 Å². The van der Waals surface area contributed by atoms with Crippen molar-refractivity contribution < 1.29 is 19.1 Å². The van der Waals surface area contributed by atoms with E-state index in [2.05, 4.69) is 10.5 Å². The number of carbonyl (C=O) groups is 1. The molecule has 4 N–H and O–H groups in total. The van der Waals surface area contributed by atoms with Gasteiger partial charge in [-0.2, -0.15) is 0 Å². The number of hydrogen-bond acceptors (Lipinski definition) is 4. The number of halogens is 1. The third kappa shape index (κ3) is 3.42. The first-order chi connectivity index (χ1) is 8.60. The van der Waals surface area contributed by atoms with E-state index in [1.165, 1.54) is 12.1 Å². The standard InChI is InChI=1S/C11H14FN3O3/c1-2-18-6-9(16)14-8-5-3-4-7(12)10(8)11(13)15-17/h3-5,17H,2,6H2,1H3,(H2,13,15)(H,14,16). The van der Waals surface area contributed by atoms with Crippen LogP contribution in [0.4, 0.5) is 10.1 Å². The van der Waals surface area contributed by atoms with E-state index in [4.69, 9.17) is 15.7 Å². The molecule has 18 heavy (non-hydrogen) atoms. The zero-order valence-corrected chi connectivity index (χ0v) is 9.81. The molecule has 0 atom stereocenters. The maximum absolute atomic E-state index is 13.5. The van der Waals surface area contributed by atoms with Crippen LogP contribution in [0, 0.1) is 5.82 Å². The molecule has 0 saturated carbocycles. The minimum atomic E-state index is -0.695. The van der Waals surface area contributed by atoms with Gasteiger partial charge < -0.3 is 21.0 Å². The summed E-state index contributed by atoms with van der Waals surface area (Å²) < 4.78 is 18.4. The van der Waals surface area contributed by atoms with Crippen LogP contribution in [0.15, 0.2) is 23.4 Å². The van der Waals surface area contributed by atoms with Gasteiger partial charge in [-0.1, -0.05) is 11.2 Å². The predicted octanol–water partition coefficient (Wildman–Crippen LogP) is 0.895. The quantitative estimate of drug-likeness (QED) is 0.315. The lowest BCUT2D eigenvalue weighted by molar-refractivity contribution is -0.120. The van der Waals surface area contributed by atoms with Gasteiger partial charge in [0.05, 0.1) is 11.3 Å². The highest BCUT2D eigenvalue weighted by molar-refractivity contribution is 6.05. The molecule has 0 radical (unpaired) electrons. The maximum Gasteiger partial charge on any atom is 0.250 e. The van der Waals surface area contributed by atoms with Crippen LogP contribution in [0.5, 0.6) is 0 Å². The fraction of sp³-hybridized carbons (Fsp3) is 0.273. The molecule has 0 aromatic heterocycles. The van der Waals surface area contributed by atoms with Crippen LogP contribution in [0.25, 0.3) is 0 Å². The maximum atomic E-state index is 13.5. The van der Waals surface area contributed by atoms with Gasteiger partial charge in [-0.3, -0.25) is 4.79 Å². The summed E-state index contributed by atoms with van der Waals surface area (Å²) in [5.74, 6) is -1.56. The first-order valence-corrected chi connectivity index (χ1v) is 5.24. The average molecular weight is 255 g/mol. The van der Waals surface area contributed by atoms with Crippen LogP contribution in [0.3, 0.4) is 0 Å². The van der Waals surface area contributed by atoms with Crippen molar-refractivity contribution in [1.29, 1.82) is 0 Å². The summed E-state index contributed by atoms with van der Waals surface area (Å²) in [4.78, 5) is 11.4. The Labute approximate surface area is 103 Å². The molecule has 0 bridgehead atoms. The number of nitrogens with one attached hydrogen (secondary N) is 1. The van der Waals surface area contributed by atoms with Crippen LogP contribution in [-0.2, 0) is 9.53 Å². The van der Waals surface area contributed by atoms with Crippen molar-refractivity contribution in [2.45, 2.75) is 6.92 Å². The Kier molecular flexibility index (Phi) is 5.06. The highest BCUT2D eigenvalue weighted by Crippen LogP contribution is 2.18. The number of carbonyl (C=O) groups excluding carboxylic acids is 1. The van der Waals surface area contributed by atoms with Gasteiger partial charge >= 0.3 is 0 Å². The molecule has 0 aliphatic heterocycles. The van der Waals surface area contributed by atoms with Gasteiger partial charge in [0, 0.05) is 6.61 Å². The Morgan fingerprint density at radius 1 is 1.61 bits per heavy atom. The lowest BCUT2D eigenvalue weighted by Gasteiger charge is -2.10. The number of nitrogens with zero attached hydrogens (tertiary/aromatic N) is 1. The van der Waals surface area contributed by atoms with Crippen molar-refractivity contribution in [2.75, 3.05) is 18.5 Å². The summed E-state index contributed by atoms with van der Waals surface area (Å²) >= 11 is 0. The molecule has 0 unspecified atom stereocenters. The SMILES string of the molecule is CCOCC(=O)Nc1cccc(F)c1/C(N)=N/O. The zero-order chi connectivity index (χ0) is 13.5. The molecule has 0 heterocycles. The van der Waals surface area contributed by atoms with E-state index in [0.717, 1.165) is 6.07 Å². The number of rotatable bonds is 5. The van der Waals surface area contributed by atoms with Crippen LogP contribution in [0.2, 0.25) is 0 Å². The molecule has 0 spiro atoms. The number of oxime groups is 1. The van der Waals surface area contributed by atoms with Gasteiger partial charge in [0.1, 0.15) is 12.4 Å². The van der Waals surface area contributed by atoms with Crippen LogP contribution in [-0.4, -0.2) is 30.2 Å². The smallest absolute Gasteiger partial charge is 0.250 e. The van der Waals surface area contributed by atoms with Crippen LogP contribution < -0.4 is 11.1 Å². The Bertz CT molecular complexity index is 463. The van der Waals surface area contributed by atoms with E-state index < -0.39 is 17.6 Å². The highest BCUT2D eigenvalue weighted by Gasteiger charge is 2.14. The monoisotopic (exact) mass is 255 g/mol. The van der Waals surface area contributed by atoms with Crippen LogP contribution >= 0.6 is 0 Å². The normalized spacial score (nSPS) is 11.3. The molecular formula is C11H14FN3O3. The van der Waals surface area contributed by atoms with Crippen molar-refractivity contribution >= 4 is 17.4 Å². The summed E-state index contributed by atoms with van der Waals surface area (Å²) in [6.45, 7) is 1.99. The van der Waals surface area contributed by atoms with Gasteiger partial charge in [0.15, 0.2) is 5.84 Å². The first kappa shape index (κ1) is 13.9. The van der Waals surface area contributed by atoms with Gasteiger partial charge in [0.2, 0.25) is 5.91 Å². The average Bonchev–Trinajstić information content (AvgIpc) is 2.35. The predicted molar refractivity (Wildman–Crippen MR) is 64.0 cm³/mol. The second-order valence-electron chi connectivity index (χ2n) is 3.33. The fourth-order valence-electron chi connectivity index (χ4n) is 1.32. The number of anilines is 1. The van der Waals surface area contributed by atoms with E-state index in [1.807, 2.05) is 0 Å². The van der Waals surface area contributed by atoms with Crippen molar-refractivity contribution in [3.8, 4) is 0 Å². The molecule has 98 valence electrons. The summed E-state index contributed by atoms with van der Waals surface area (Å²) in [6, 6.07) is 3.99. The van der Waals surface area contributed by atoms with Crippen LogP contribution in [0.1, 0.15) is 12.5 Å². The zero-order valence-electron chi connectivity index (χ0n) is 9.81. The molecule has 1 aromatic rings. The minimum absolute atomic E-state index is 0.120. The van der Waals surface area contributed by atoms with E-state index >= 15 is 0 Å². The Balaban J connectivity index is 2.95. The molecule has 6 nitrogen and oxygen atoms in total. The Morgan fingerprint density at radius 3 is 2.94 bits per heavy atom. The van der Waals surface area contributed by atoms with Crippen molar-refractivity contribution in [3.63, 3.8) is 0 Å². The Hall–Kier alpha value is -2.15. The molecule has 0 saturated heterocycles. The lowest BCUT2D eigenvalue weighted by Crippen LogP contribution is -2.23. The summed E-state index contributed by atoms with van der Waals surface area (Å²) in [5, 5.41) is 13.7. The van der Waals surface area contributed by atoms with Gasteiger partial charge in [-0.25, -0.2) is 4.39 Å². The molecule has 1 rings (SSSR count). The van der Waals surface area contributed by atoms with E-state index in [0.29, 0.717) is 6.61 Å². The van der Waals surface area contributed by atoms with Gasteiger partial charge in [-0.05, 0) is 19.1 Å². The number of amidine groups is 1. The third-order valence-corrected chi connectivity index (χ3v) is 2.09. The fourth-order valence-corrected chi connectivity index (χ4v) is 1.32. The molecule has 1 amide bonds. The molecule has 0 fully saturated rings. The number of benzene rings is 1.